The number of hydrogen-bond donors (Lipinski definition) is 1. The van der Waals surface area contributed by atoms with Gasteiger partial charge in [-0.05, 0) is 35.3 Å². The highest BCUT2D eigenvalue weighted by molar-refractivity contribution is 6.08. The molecule has 3 nitrogen and oxygen atoms in total. The Bertz CT molecular complexity index is 589. The molecule has 0 bridgehead atoms. The van der Waals surface area contributed by atoms with Crippen LogP contribution in [0.2, 0.25) is 0 Å². The molecule has 104 valence electrons. The molecule has 1 aromatic rings. The van der Waals surface area contributed by atoms with Gasteiger partial charge in [0.15, 0.2) is 5.78 Å². The second kappa shape index (κ2) is 5.47. The summed E-state index contributed by atoms with van der Waals surface area (Å²) in [7, 11) is 0. The second-order valence-corrected chi connectivity index (χ2v) is 5.81. The zero-order valence-corrected chi connectivity index (χ0v) is 12.0. The molecule has 1 aromatic carbocycles. The van der Waals surface area contributed by atoms with Crippen molar-refractivity contribution in [3.8, 4) is 0 Å². The van der Waals surface area contributed by atoms with Gasteiger partial charge in [-0.25, -0.2) is 5.06 Å². The van der Waals surface area contributed by atoms with Gasteiger partial charge >= 0.3 is 0 Å². The number of ketones is 1. The molecule has 0 saturated carbocycles. The Balaban J connectivity index is 2.31. The number of para-hydroxylation sites is 1. The zero-order valence-electron chi connectivity index (χ0n) is 12.0. The van der Waals surface area contributed by atoms with Gasteiger partial charge in [-0.1, -0.05) is 45.0 Å². The quantitative estimate of drug-likeness (QED) is 0.654. The van der Waals surface area contributed by atoms with Crippen LogP contribution < -0.4 is 5.06 Å². The first-order valence-electron chi connectivity index (χ1n) is 6.57. The van der Waals surface area contributed by atoms with Crippen LogP contribution in [0.5, 0.6) is 0 Å². The number of anilines is 1. The summed E-state index contributed by atoms with van der Waals surface area (Å²) in [4.78, 5) is 11.9. The van der Waals surface area contributed by atoms with Crippen LogP contribution >= 0.6 is 0 Å². The predicted molar refractivity (Wildman–Crippen MR) is 80.5 cm³/mol. The van der Waals surface area contributed by atoms with Gasteiger partial charge in [0.25, 0.3) is 0 Å². The molecule has 1 aliphatic carbocycles. The summed E-state index contributed by atoms with van der Waals surface area (Å²) in [5.74, 6) is -0.104. The molecule has 0 saturated heterocycles. The van der Waals surface area contributed by atoms with Crippen LogP contribution in [0.4, 0.5) is 5.69 Å². The Labute approximate surface area is 119 Å². The van der Waals surface area contributed by atoms with E-state index < -0.39 is 0 Å². The van der Waals surface area contributed by atoms with Crippen molar-refractivity contribution in [1.29, 1.82) is 0 Å². The number of carbonyl (C=O) groups excluding carboxylic acids is 1. The highest BCUT2D eigenvalue weighted by Gasteiger charge is 2.20. The Morgan fingerprint density at radius 2 is 1.75 bits per heavy atom. The molecule has 2 rings (SSSR count). The van der Waals surface area contributed by atoms with E-state index in [-0.39, 0.29) is 11.2 Å². The van der Waals surface area contributed by atoms with Crippen LogP contribution in [-0.2, 0) is 4.79 Å². The Morgan fingerprint density at radius 1 is 1.10 bits per heavy atom. The van der Waals surface area contributed by atoms with Crippen LogP contribution in [0, 0.1) is 5.41 Å². The molecule has 0 aromatic heterocycles. The number of hydroxylamine groups is 1. The van der Waals surface area contributed by atoms with Gasteiger partial charge in [-0.15, -0.1) is 0 Å². The van der Waals surface area contributed by atoms with Gasteiger partial charge in [-0.2, -0.15) is 0 Å². The SMILES string of the molecule is CC(C)(C)C1=C/C(=C/N(O)c2ccccc2)C(=O)C=C1. The van der Waals surface area contributed by atoms with E-state index in [4.69, 9.17) is 0 Å². The molecule has 3 heteroatoms. The smallest absolute Gasteiger partial charge is 0.187 e. The highest BCUT2D eigenvalue weighted by atomic mass is 16.5. The van der Waals surface area contributed by atoms with Crippen LogP contribution in [-0.4, -0.2) is 11.0 Å². The fraction of sp³-hybridized carbons (Fsp3) is 0.235. The fourth-order valence-electron chi connectivity index (χ4n) is 1.90. The van der Waals surface area contributed by atoms with E-state index in [1.54, 1.807) is 18.2 Å². The minimum Gasteiger partial charge on any atom is -0.289 e. The molecule has 0 atom stereocenters. The number of benzene rings is 1. The van der Waals surface area contributed by atoms with Crippen LogP contribution in [0.1, 0.15) is 20.8 Å². The second-order valence-electron chi connectivity index (χ2n) is 5.81. The molecular weight excluding hydrogens is 250 g/mol. The highest BCUT2D eigenvalue weighted by Crippen LogP contribution is 2.30. The molecule has 1 aliphatic rings. The van der Waals surface area contributed by atoms with Crippen LogP contribution in [0.25, 0.3) is 0 Å². The van der Waals surface area contributed by atoms with Crippen molar-refractivity contribution in [2.75, 3.05) is 5.06 Å². The maximum Gasteiger partial charge on any atom is 0.187 e. The minimum absolute atomic E-state index is 0.0384. The van der Waals surface area contributed by atoms with E-state index in [1.165, 1.54) is 6.20 Å². The first-order chi connectivity index (χ1) is 9.38. The summed E-state index contributed by atoms with van der Waals surface area (Å²) in [5.41, 5.74) is 2.12. The van der Waals surface area contributed by atoms with Crippen LogP contribution in [0.15, 0.2) is 65.9 Å². The summed E-state index contributed by atoms with van der Waals surface area (Å²) >= 11 is 0. The Hall–Kier alpha value is -2.13. The average Bonchev–Trinajstić information content (AvgIpc) is 2.41. The summed E-state index contributed by atoms with van der Waals surface area (Å²) in [6, 6.07) is 9.08. The fourth-order valence-corrected chi connectivity index (χ4v) is 1.90. The van der Waals surface area contributed by atoms with Crippen molar-refractivity contribution in [3.05, 3.63) is 65.9 Å². The molecule has 0 spiro atoms. The molecule has 0 amide bonds. The van der Waals surface area contributed by atoms with E-state index in [2.05, 4.69) is 20.8 Å². The molecule has 20 heavy (non-hydrogen) atoms. The third-order valence-corrected chi connectivity index (χ3v) is 3.16. The molecule has 0 unspecified atom stereocenters. The lowest BCUT2D eigenvalue weighted by atomic mass is 9.82. The third-order valence-electron chi connectivity index (χ3n) is 3.16. The van der Waals surface area contributed by atoms with Crippen molar-refractivity contribution >= 4 is 11.5 Å². The molecule has 0 fully saturated rings. The first-order valence-corrected chi connectivity index (χ1v) is 6.57. The lowest BCUT2D eigenvalue weighted by Crippen LogP contribution is -2.16. The minimum atomic E-state index is -0.104. The first kappa shape index (κ1) is 14.3. The van der Waals surface area contributed by atoms with Crippen molar-refractivity contribution in [3.63, 3.8) is 0 Å². The standard InChI is InChI=1S/C17H19NO2/c1-17(2,3)14-9-10-16(19)13(11-14)12-18(20)15-7-5-4-6-8-15/h4-12,20H,1-3H3/b13-12-. The number of rotatable bonds is 2. The zero-order chi connectivity index (χ0) is 14.8. The third kappa shape index (κ3) is 3.25. The number of allylic oxidation sites excluding steroid dienone is 5. The van der Waals surface area contributed by atoms with E-state index in [9.17, 15) is 10.0 Å². The molecule has 0 aliphatic heterocycles. The number of nitrogens with zero attached hydrogens (tertiary/aromatic N) is 1. The largest absolute Gasteiger partial charge is 0.289 e. The summed E-state index contributed by atoms with van der Waals surface area (Å²) in [6.45, 7) is 6.26. The van der Waals surface area contributed by atoms with Crippen molar-refractivity contribution in [1.82, 2.24) is 0 Å². The normalized spacial score (nSPS) is 17.3. The van der Waals surface area contributed by atoms with E-state index in [0.29, 0.717) is 11.3 Å². The summed E-state index contributed by atoms with van der Waals surface area (Å²) in [5, 5.41) is 11.0. The van der Waals surface area contributed by atoms with E-state index >= 15 is 0 Å². The van der Waals surface area contributed by atoms with Gasteiger partial charge in [-0.3, -0.25) is 10.0 Å². The van der Waals surface area contributed by atoms with Crippen molar-refractivity contribution in [2.24, 2.45) is 5.41 Å². The Morgan fingerprint density at radius 3 is 2.35 bits per heavy atom. The molecule has 0 heterocycles. The van der Waals surface area contributed by atoms with Crippen molar-refractivity contribution in [2.45, 2.75) is 20.8 Å². The van der Waals surface area contributed by atoms with Gasteiger partial charge in [0.1, 0.15) is 0 Å². The molecular formula is C17H19NO2. The number of hydrogen-bond acceptors (Lipinski definition) is 3. The monoisotopic (exact) mass is 269 g/mol. The topological polar surface area (TPSA) is 40.5 Å². The van der Waals surface area contributed by atoms with E-state index in [1.807, 2.05) is 30.4 Å². The summed E-state index contributed by atoms with van der Waals surface area (Å²) in [6.07, 6.45) is 6.66. The van der Waals surface area contributed by atoms with Crippen LogP contribution in [0.3, 0.4) is 0 Å². The maximum atomic E-state index is 11.9. The van der Waals surface area contributed by atoms with Gasteiger partial charge in [0, 0.05) is 11.8 Å². The van der Waals surface area contributed by atoms with Crippen molar-refractivity contribution < 1.29 is 10.0 Å². The number of carbonyl (C=O) groups is 1. The lowest BCUT2D eigenvalue weighted by molar-refractivity contribution is -0.111. The summed E-state index contributed by atoms with van der Waals surface area (Å²) < 4.78 is 0. The van der Waals surface area contributed by atoms with Gasteiger partial charge < -0.3 is 0 Å². The van der Waals surface area contributed by atoms with Gasteiger partial charge in [0.2, 0.25) is 0 Å². The van der Waals surface area contributed by atoms with E-state index in [0.717, 1.165) is 10.6 Å². The molecule has 0 radical (unpaired) electrons. The maximum absolute atomic E-state index is 11.9. The average molecular weight is 269 g/mol. The van der Waals surface area contributed by atoms with Gasteiger partial charge in [0.05, 0.1) is 5.69 Å². The predicted octanol–water partition coefficient (Wildman–Crippen LogP) is 3.88. The Kier molecular flexibility index (Phi) is 3.91. The lowest BCUT2D eigenvalue weighted by Gasteiger charge is -2.23. The molecule has 1 N–H and O–H groups in total.